The van der Waals surface area contributed by atoms with E-state index < -0.39 is 11.8 Å². The van der Waals surface area contributed by atoms with Crippen LogP contribution in [0.15, 0.2) is 40.1 Å². The number of carbonyl (C=O) groups is 1. The van der Waals surface area contributed by atoms with Gasteiger partial charge in [-0.1, -0.05) is 16.9 Å². The first-order chi connectivity index (χ1) is 11.1. The van der Waals surface area contributed by atoms with Crippen LogP contribution in [0.5, 0.6) is 0 Å². The molecule has 0 unspecified atom stereocenters. The van der Waals surface area contributed by atoms with Gasteiger partial charge in [0.15, 0.2) is 5.82 Å². The van der Waals surface area contributed by atoms with Gasteiger partial charge in [-0.3, -0.25) is 4.79 Å². The van der Waals surface area contributed by atoms with E-state index >= 15 is 0 Å². The fraction of sp³-hybridized carbons (Fsp3) is 0.357. The standard InChI is InChI=1S/C14H13F2N3O3S/c15-14(16)23-10-3-1-9(2-4-10)13(20)19-5-6-21-7-11(19)12-17-8-22-18-12/h1-4,8,11,14H,5-7H2/t11-/m1/s1. The van der Waals surface area contributed by atoms with Crippen molar-refractivity contribution in [3.63, 3.8) is 0 Å². The van der Waals surface area contributed by atoms with Crippen molar-refractivity contribution in [2.24, 2.45) is 0 Å². The zero-order chi connectivity index (χ0) is 16.2. The van der Waals surface area contributed by atoms with Gasteiger partial charge < -0.3 is 14.2 Å². The van der Waals surface area contributed by atoms with Crippen molar-refractivity contribution < 1.29 is 22.8 Å². The molecule has 0 N–H and O–H groups in total. The number of alkyl halides is 2. The van der Waals surface area contributed by atoms with Crippen LogP contribution in [-0.4, -0.2) is 46.5 Å². The SMILES string of the molecule is O=C(c1ccc(SC(F)F)cc1)N1CCOC[C@@H]1c1ncon1. The van der Waals surface area contributed by atoms with Gasteiger partial charge in [0, 0.05) is 17.0 Å². The summed E-state index contributed by atoms with van der Waals surface area (Å²) in [6.07, 6.45) is 1.20. The summed E-state index contributed by atoms with van der Waals surface area (Å²) in [4.78, 5) is 18.7. The van der Waals surface area contributed by atoms with E-state index in [2.05, 4.69) is 10.1 Å². The molecule has 0 bridgehead atoms. The van der Waals surface area contributed by atoms with E-state index in [0.29, 0.717) is 41.2 Å². The molecule has 0 spiro atoms. The molecular formula is C14H13F2N3O3S. The molecule has 3 rings (SSSR count). The molecule has 1 aromatic heterocycles. The Kier molecular flexibility index (Phi) is 4.87. The summed E-state index contributed by atoms with van der Waals surface area (Å²) in [6.45, 7) is 1.09. The van der Waals surface area contributed by atoms with Gasteiger partial charge in [0.1, 0.15) is 6.04 Å². The number of aromatic nitrogens is 2. The van der Waals surface area contributed by atoms with Crippen LogP contribution in [0.2, 0.25) is 0 Å². The van der Waals surface area contributed by atoms with Crippen molar-refractivity contribution in [3.05, 3.63) is 42.0 Å². The third-order valence-electron chi connectivity index (χ3n) is 3.39. The molecule has 1 aromatic carbocycles. The lowest BCUT2D eigenvalue weighted by molar-refractivity contribution is -0.00577. The lowest BCUT2D eigenvalue weighted by Gasteiger charge is -2.33. The maximum atomic E-state index is 12.7. The quantitative estimate of drug-likeness (QED) is 0.796. The summed E-state index contributed by atoms with van der Waals surface area (Å²) < 4.78 is 34.8. The van der Waals surface area contributed by atoms with Crippen LogP contribution in [0.25, 0.3) is 0 Å². The minimum atomic E-state index is -2.49. The second kappa shape index (κ2) is 7.05. The zero-order valence-corrected chi connectivity index (χ0v) is 12.7. The number of hydrogen-bond donors (Lipinski definition) is 0. The molecule has 1 aliphatic rings. The lowest BCUT2D eigenvalue weighted by atomic mass is 10.1. The zero-order valence-electron chi connectivity index (χ0n) is 11.9. The first kappa shape index (κ1) is 15.9. The first-order valence-electron chi connectivity index (χ1n) is 6.85. The highest BCUT2D eigenvalue weighted by molar-refractivity contribution is 7.99. The number of nitrogens with zero attached hydrogens (tertiary/aromatic N) is 3. The Bertz CT molecular complexity index is 652. The van der Waals surface area contributed by atoms with Crippen LogP contribution < -0.4 is 0 Å². The molecule has 0 radical (unpaired) electrons. The number of halogens is 2. The lowest BCUT2D eigenvalue weighted by Crippen LogP contribution is -2.43. The molecular weight excluding hydrogens is 328 g/mol. The first-order valence-corrected chi connectivity index (χ1v) is 7.73. The number of rotatable bonds is 4. The Morgan fingerprint density at radius 2 is 2.13 bits per heavy atom. The molecule has 6 nitrogen and oxygen atoms in total. The average molecular weight is 341 g/mol. The van der Waals surface area contributed by atoms with E-state index in [0.717, 1.165) is 0 Å². The van der Waals surface area contributed by atoms with E-state index in [1.54, 1.807) is 4.90 Å². The van der Waals surface area contributed by atoms with Crippen LogP contribution in [0.1, 0.15) is 22.2 Å². The van der Waals surface area contributed by atoms with Gasteiger partial charge in [-0.15, -0.1) is 0 Å². The van der Waals surface area contributed by atoms with E-state index in [1.165, 1.54) is 30.7 Å². The van der Waals surface area contributed by atoms with E-state index in [9.17, 15) is 13.6 Å². The molecule has 1 atom stereocenters. The van der Waals surface area contributed by atoms with E-state index in [4.69, 9.17) is 9.26 Å². The Hall–Kier alpha value is -2.00. The van der Waals surface area contributed by atoms with Gasteiger partial charge in [0.2, 0.25) is 6.39 Å². The number of hydrogen-bond acceptors (Lipinski definition) is 6. The third-order valence-corrected chi connectivity index (χ3v) is 4.11. The smallest absolute Gasteiger partial charge is 0.288 e. The summed E-state index contributed by atoms with van der Waals surface area (Å²) in [5.74, 6) is -2.34. The number of thioether (sulfide) groups is 1. The second-order valence-corrected chi connectivity index (χ2v) is 5.84. The van der Waals surface area contributed by atoms with Crippen molar-refractivity contribution in [2.45, 2.75) is 16.7 Å². The normalized spacial score (nSPS) is 18.4. The summed E-state index contributed by atoms with van der Waals surface area (Å²) in [5.41, 5.74) is 0.416. The number of amides is 1. The van der Waals surface area contributed by atoms with E-state index in [1.807, 2.05) is 0 Å². The summed E-state index contributed by atoms with van der Waals surface area (Å²) >= 11 is 0.442. The van der Waals surface area contributed by atoms with Gasteiger partial charge in [0.25, 0.3) is 11.7 Å². The van der Waals surface area contributed by atoms with E-state index in [-0.39, 0.29) is 12.5 Å². The van der Waals surface area contributed by atoms with Crippen LogP contribution in [0.3, 0.4) is 0 Å². The fourth-order valence-corrected chi connectivity index (χ4v) is 2.83. The molecule has 1 aliphatic heterocycles. The number of morpholine rings is 1. The monoisotopic (exact) mass is 341 g/mol. The molecule has 9 heteroatoms. The van der Waals surface area contributed by atoms with Crippen molar-refractivity contribution in [3.8, 4) is 0 Å². The molecule has 0 saturated carbocycles. The van der Waals surface area contributed by atoms with Crippen LogP contribution in [0, 0.1) is 0 Å². The van der Waals surface area contributed by atoms with Crippen molar-refractivity contribution in [2.75, 3.05) is 19.8 Å². The Morgan fingerprint density at radius 1 is 1.35 bits per heavy atom. The molecule has 122 valence electrons. The Balaban J connectivity index is 1.77. The highest BCUT2D eigenvalue weighted by atomic mass is 32.2. The predicted octanol–water partition coefficient (Wildman–Crippen LogP) is 2.60. The fourth-order valence-electron chi connectivity index (χ4n) is 2.33. The summed E-state index contributed by atoms with van der Waals surface area (Å²) in [6, 6.07) is 5.66. The summed E-state index contributed by atoms with van der Waals surface area (Å²) in [7, 11) is 0. The number of ether oxygens (including phenoxy) is 1. The van der Waals surface area contributed by atoms with Crippen LogP contribution >= 0.6 is 11.8 Å². The van der Waals surface area contributed by atoms with Gasteiger partial charge in [-0.25, -0.2) is 0 Å². The Morgan fingerprint density at radius 3 is 2.78 bits per heavy atom. The molecule has 1 saturated heterocycles. The minimum absolute atomic E-state index is 0.225. The largest absolute Gasteiger partial charge is 0.377 e. The number of benzene rings is 1. The van der Waals surface area contributed by atoms with Crippen molar-refractivity contribution in [1.82, 2.24) is 15.0 Å². The highest BCUT2D eigenvalue weighted by Gasteiger charge is 2.32. The highest BCUT2D eigenvalue weighted by Crippen LogP contribution is 2.27. The number of carbonyl (C=O) groups excluding carboxylic acids is 1. The van der Waals surface area contributed by atoms with Gasteiger partial charge >= 0.3 is 0 Å². The summed E-state index contributed by atoms with van der Waals surface area (Å²) in [5, 5.41) is 3.77. The molecule has 1 amide bonds. The van der Waals surface area contributed by atoms with Crippen LogP contribution in [0.4, 0.5) is 8.78 Å². The second-order valence-electron chi connectivity index (χ2n) is 4.78. The van der Waals surface area contributed by atoms with Crippen molar-refractivity contribution in [1.29, 1.82) is 0 Å². The molecule has 2 heterocycles. The third kappa shape index (κ3) is 3.67. The Labute approximate surface area is 134 Å². The average Bonchev–Trinajstić information content (AvgIpc) is 3.09. The van der Waals surface area contributed by atoms with Crippen molar-refractivity contribution >= 4 is 17.7 Å². The topological polar surface area (TPSA) is 68.5 Å². The molecule has 1 fully saturated rings. The van der Waals surface area contributed by atoms with Gasteiger partial charge in [0.05, 0.1) is 13.2 Å². The molecule has 2 aromatic rings. The van der Waals surface area contributed by atoms with Gasteiger partial charge in [-0.05, 0) is 24.3 Å². The predicted molar refractivity (Wildman–Crippen MR) is 77.2 cm³/mol. The maximum absolute atomic E-state index is 12.7. The maximum Gasteiger partial charge on any atom is 0.288 e. The molecule has 23 heavy (non-hydrogen) atoms. The van der Waals surface area contributed by atoms with Gasteiger partial charge in [-0.2, -0.15) is 13.8 Å². The molecule has 0 aliphatic carbocycles. The minimum Gasteiger partial charge on any atom is -0.377 e. The van der Waals surface area contributed by atoms with Crippen LogP contribution in [-0.2, 0) is 4.74 Å².